The van der Waals surface area contributed by atoms with Gasteiger partial charge in [-0.1, -0.05) is 30.3 Å². The molecule has 5 nitrogen and oxygen atoms in total. The van der Waals surface area contributed by atoms with E-state index in [4.69, 9.17) is 4.74 Å². The number of benzene rings is 1. The van der Waals surface area contributed by atoms with Crippen LogP contribution in [0.15, 0.2) is 64.9 Å². The number of ether oxygens (including phenoxy) is 1. The van der Waals surface area contributed by atoms with E-state index < -0.39 is 0 Å². The maximum absolute atomic E-state index is 13.6. The summed E-state index contributed by atoms with van der Waals surface area (Å²) in [6.07, 6.45) is 2.69. The van der Waals surface area contributed by atoms with Gasteiger partial charge >= 0.3 is 0 Å². The molecule has 5 rings (SSSR count). The number of carbonyl (C=O) groups excluding carboxylic acids is 1. The van der Waals surface area contributed by atoms with Gasteiger partial charge in [-0.15, -0.1) is 11.3 Å². The molecule has 0 N–H and O–H groups in total. The molecule has 1 aliphatic rings. The Hall–Kier alpha value is -2.96. The Labute approximate surface area is 178 Å². The van der Waals surface area contributed by atoms with E-state index in [9.17, 15) is 9.59 Å². The molecule has 4 aromatic rings. The highest BCUT2D eigenvalue weighted by Gasteiger charge is 2.29. The summed E-state index contributed by atoms with van der Waals surface area (Å²) in [5.74, 6) is -0.0483. The fourth-order valence-electron chi connectivity index (χ4n) is 4.25. The minimum atomic E-state index is -0.114. The summed E-state index contributed by atoms with van der Waals surface area (Å²) in [5, 5.41) is 3.03. The van der Waals surface area contributed by atoms with Gasteiger partial charge in [-0.2, -0.15) is 0 Å². The number of aromatic nitrogens is 1. The first-order valence-electron chi connectivity index (χ1n) is 10.2. The van der Waals surface area contributed by atoms with Gasteiger partial charge in [0.1, 0.15) is 0 Å². The minimum Gasteiger partial charge on any atom is -0.377 e. The number of hydrogen-bond acceptors (Lipinski definition) is 4. The first-order chi connectivity index (χ1) is 14.7. The lowest BCUT2D eigenvalue weighted by Gasteiger charge is -2.19. The smallest absolute Gasteiger partial charge is 0.263 e. The van der Waals surface area contributed by atoms with Gasteiger partial charge in [0.2, 0.25) is 0 Å². The van der Waals surface area contributed by atoms with Gasteiger partial charge in [0.15, 0.2) is 0 Å². The van der Waals surface area contributed by atoms with Crippen LogP contribution < -0.4 is 5.56 Å². The van der Waals surface area contributed by atoms with Gasteiger partial charge in [0.05, 0.1) is 21.9 Å². The number of thiophene rings is 1. The summed E-state index contributed by atoms with van der Waals surface area (Å²) >= 11 is 1.55. The fourth-order valence-corrected chi connectivity index (χ4v) is 5.19. The number of amides is 1. The Kier molecular flexibility index (Phi) is 4.89. The second-order valence-corrected chi connectivity index (χ2v) is 8.42. The molecule has 30 heavy (non-hydrogen) atoms. The van der Waals surface area contributed by atoms with E-state index in [0.717, 1.165) is 22.1 Å². The van der Waals surface area contributed by atoms with Crippen molar-refractivity contribution in [3.05, 3.63) is 76.0 Å². The average Bonchev–Trinajstić information content (AvgIpc) is 3.44. The summed E-state index contributed by atoms with van der Waals surface area (Å²) in [7, 11) is 0. The van der Waals surface area contributed by atoms with Crippen LogP contribution in [0.5, 0.6) is 0 Å². The highest BCUT2D eigenvalue weighted by atomic mass is 32.1. The van der Waals surface area contributed by atoms with E-state index in [1.165, 1.54) is 0 Å². The molecule has 1 unspecified atom stereocenters. The van der Waals surface area contributed by atoms with Crippen molar-refractivity contribution in [2.75, 3.05) is 19.7 Å². The van der Waals surface area contributed by atoms with Gasteiger partial charge in [0, 0.05) is 31.5 Å². The van der Waals surface area contributed by atoms with Crippen molar-refractivity contribution in [3.63, 3.8) is 0 Å². The van der Waals surface area contributed by atoms with E-state index >= 15 is 0 Å². The van der Waals surface area contributed by atoms with Crippen LogP contribution in [-0.2, 0) is 4.74 Å². The molecule has 1 aliphatic heterocycles. The van der Waals surface area contributed by atoms with Crippen LogP contribution in [0.4, 0.5) is 0 Å². The largest absolute Gasteiger partial charge is 0.377 e. The monoisotopic (exact) mass is 418 g/mol. The van der Waals surface area contributed by atoms with Crippen molar-refractivity contribution in [3.8, 4) is 11.1 Å². The maximum atomic E-state index is 13.6. The molecule has 1 fully saturated rings. The molecule has 6 heteroatoms. The summed E-state index contributed by atoms with van der Waals surface area (Å²) in [5.41, 5.74) is 2.49. The quantitative estimate of drug-likeness (QED) is 0.493. The molecule has 1 amide bonds. The summed E-state index contributed by atoms with van der Waals surface area (Å²) < 4.78 is 8.32. The maximum Gasteiger partial charge on any atom is 0.263 e. The molecular formula is C24H22N2O3S. The highest BCUT2D eigenvalue weighted by Crippen LogP contribution is 2.30. The number of rotatable bonds is 4. The van der Waals surface area contributed by atoms with Crippen LogP contribution in [0.25, 0.3) is 26.7 Å². The molecule has 1 atom stereocenters. The Morgan fingerprint density at radius 1 is 1.20 bits per heavy atom. The Bertz CT molecular complexity index is 1290. The minimum absolute atomic E-state index is 0.0483. The number of nitrogens with zero attached hydrogens (tertiary/aromatic N) is 2. The van der Waals surface area contributed by atoms with Crippen molar-refractivity contribution in [2.45, 2.75) is 19.4 Å². The van der Waals surface area contributed by atoms with Crippen LogP contribution in [0, 0.1) is 0 Å². The third kappa shape index (κ3) is 3.13. The van der Waals surface area contributed by atoms with Crippen LogP contribution >= 0.6 is 11.3 Å². The van der Waals surface area contributed by atoms with E-state index in [2.05, 4.69) is 0 Å². The Balaban J connectivity index is 1.73. The Morgan fingerprint density at radius 2 is 2.03 bits per heavy atom. The highest BCUT2D eigenvalue weighted by molar-refractivity contribution is 7.18. The van der Waals surface area contributed by atoms with Gasteiger partial charge in [0.25, 0.3) is 11.5 Å². The molecule has 0 spiro atoms. The molecule has 1 aromatic carbocycles. The number of pyridine rings is 2. The first-order valence-corrected chi connectivity index (χ1v) is 11.1. The summed E-state index contributed by atoms with van der Waals surface area (Å²) in [6.45, 7) is 3.86. The third-order valence-corrected chi connectivity index (χ3v) is 6.63. The number of carbonyl (C=O) groups is 1. The zero-order valence-corrected chi connectivity index (χ0v) is 17.5. The van der Waals surface area contributed by atoms with Crippen LogP contribution in [0.3, 0.4) is 0 Å². The summed E-state index contributed by atoms with van der Waals surface area (Å²) in [6, 6.07) is 15.3. The molecule has 3 aromatic heterocycles. The predicted octanol–water partition coefficient (Wildman–Crippen LogP) is 4.43. The van der Waals surface area contributed by atoms with Crippen molar-refractivity contribution in [1.82, 2.24) is 9.30 Å². The predicted molar refractivity (Wildman–Crippen MR) is 120 cm³/mol. The van der Waals surface area contributed by atoms with Gasteiger partial charge in [-0.3, -0.25) is 14.0 Å². The van der Waals surface area contributed by atoms with Crippen molar-refractivity contribution in [1.29, 1.82) is 0 Å². The molecule has 1 saturated heterocycles. The SMILES string of the molecule is CCOC1CCN(C(=O)c2cc(-c3ccccc3)c(=O)n3ccc4ccsc4c23)C1. The third-order valence-electron chi connectivity index (χ3n) is 5.70. The zero-order chi connectivity index (χ0) is 20.7. The van der Waals surface area contributed by atoms with E-state index in [1.54, 1.807) is 28.0 Å². The van der Waals surface area contributed by atoms with E-state index in [-0.39, 0.29) is 17.6 Å². The van der Waals surface area contributed by atoms with Crippen LogP contribution in [-0.4, -0.2) is 41.0 Å². The van der Waals surface area contributed by atoms with Crippen molar-refractivity contribution >= 4 is 32.8 Å². The normalized spacial score (nSPS) is 16.6. The van der Waals surface area contributed by atoms with Gasteiger partial charge < -0.3 is 9.64 Å². The molecule has 4 heterocycles. The van der Waals surface area contributed by atoms with Crippen LogP contribution in [0.2, 0.25) is 0 Å². The fraction of sp³-hybridized carbons (Fsp3) is 0.250. The van der Waals surface area contributed by atoms with E-state index in [1.807, 2.05) is 59.7 Å². The lowest BCUT2D eigenvalue weighted by Crippen LogP contribution is -2.31. The molecule has 0 aliphatic carbocycles. The second-order valence-electron chi connectivity index (χ2n) is 7.50. The lowest BCUT2D eigenvalue weighted by atomic mass is 10.0. The average molecular weight is 419 g/mol. The van der Waals surface area contributed by atoms with E-state index in [0.29, 0.717) is 36.3 Å². The molecule has 0 bridgehead atoms. The Morgan fingerprint density at radius 3 is 2.83 bits per heavy atom. The standard InChI is InChI=1S/C24H22N2O3S/c1-2-29-18-9-11-25(15-18)23(27)20-14-19(16-6-4-3-5-7-16)24(28)26-12-8-17-10-13-30-22(17)21(20)26/h3-8,10,12-14,18H,2,9,11,15H2,1H3. The number of fused-ring (bicyclic) bond motifs is 3. The molecular weight excluding hydrogens is 396 g/mol. The zero-order valence-electron chi connectivity index (χ0n) is 16.7. The first kappa shape index (κ1) is 19.0. The van der Waals surface area contributed by atoms with Crippen molar-refractivity contribution in [2.24, 2.45) is 0 Å². The molecule has 152 valence electrons. The topological polar surface area (TPSA) is 51.0 Å². The number of likely N-dealkylation sites (tertiary alicyclic amines) is 1. The number of hydrogen-bond donors (Lipinski definition) is 0. The van der Waals surface area contributed by atoms with Crippen molar-refractivity contribution < 1.29 is 9.53 Å². The van der Waals surface area contributed by atoms with Crippen LogP contribution in [0.1, 0.15) is 23.7 Å². The second kappa shape index (κ2) is 7.70. The lowest BCUT2D eigenvalue weighted by molar-refractivity contribution is 0.0599. The van der Waals surface area contributed by atoms with Gasteiger partial charge in [-0.05, 0) is 47.9 Å². The summed E-state index contributed by atoms with van der Waals surface area (Å²) in [4.78, 5) is 28.8. The molecule has 0 radical (unpaired) electrons. The van der Waals surface area contributed by atoms with Gasteiger partial charge in [-0.25, -0.2) is 0 Å². The molecule has 0 saturated carbocycles.